The minimum absolute atomic E-state index is 0.0168. The number of methoxy groups -OCH3 is 1. The van der Waals surface area contributed by atoms with Crippen LogP contribution in [0.5, 0.6) is 0 Å². The topological polar surface area (TPSA) is 18.5 Å². The second-order valence-corrected chi connectivity index (χ2v) is 4.60. The minimum Gasteiger partial charge on any atom is -0.382 e. The summed E-state index contributed by atoms with van der Waals surface area (Å²) in [7, 11) is 1.69. The van der Waals surface area contributed by atoms with Crippen LogP contribution < -0.4 is 0 Å². The van der Waals surface area contributed by atoms with Gasteiger partial charge in [-0.05, 0) is 31.5 Å². The molecule has 0 aliphatic rings. The lowest BCUT2D eigenvalue weighted by Gasteiger charge is -2.20. The molecule has 1 atom stereocenters. The molecule has 0 N–H and O–H groups in total. The Labute approximate surface area is 99.7 Å². The Hall–Kier alpha value is -0.380. The molecule has 2 nitrogen and oxygen atoms in total. The fraction of sp³-hybridized carbons (Fsp3) is 0.500. The molecule has 0 saturated heterocycles. The van der Waals surface area contributed by atoms with E-state index in [-0.39, 0.29) is 12.2 Å². The molecule has 0 aromatic heterocycles. The van der Waals surface area contributed by atoms with Crippen LogP contribution >= 0.6 is 15.9 Å². The molecule has 0 fully saturated rings. The highest BCUT2D eigenvalue weighted by Gasteiger charge is 2.13. The van der Waals surface area contributed by atoms with Crippen LogP contribution in [0.25, 0.3) is 0 Å². The fourth-order valence-electron chi connectivity index (χ4n) is 1.37. The molecule has 0 spiro atoms. The number of benzene rings is 1. The van der Waals surface area contributed by atoms with E-state index in [4.69, 9.17) is 9.47 Å². The van der Waals surface area contributed by atoms with Gasteiger partial charge in [-0.1, -0.05) is 28.1 Å². The van der Waals surface area contributed by atoms with Gasteiger partial charge in [0.2, 0.25) is 0 Å². The molecule has 0 aliphatic carbocycles. The molecule has 1 aromatic rings. The zero-order valence-corrected chi connectivity index (χ0v) is 11.0. The van der Waals surface area contributed by atoms with Crippen molar-refractivity contribution in [2.75, 3.05) is 13.7 Å². The number of rotatable bonds is 5. The van der Waals surface area contributed by atoms with Crippen LogP contribution in [0.1, 0.15) is 25.5 Å². The first kappa shape index (κ1) is 12.7. The molecule has 0 heterocycles. The molecule has 1 rings (SSSR count). The maximum absolute atomic E-state index is 5.78. The Kier molecular flexibility index (Phi) is 5.29. The second kappa shape index (κ2) is 6.26. The van der Waals surface area contributed by atoms with Gasteiger partial charge in [0.25, 0.3) is 0 Å². The SMILES string of the molecule is COC[C@@H](OC(C)C)c1ccc(Br)cc1. The molecule has 0 unspecified atom stereocenters. The third kappa shape index (κ3) is 4.33. The van der Waals surface area contributed by atoms with Crippen LogP contribution in [0, 0.1) is 0 Å². The highest BCUT2D eigenvalue weighted by Crippen LogP contribution is 2.21. The number of hydrogen-bond donors (Lipinski definition) is 0. The summed E-state index contributed by atoms with van der Waals surface area (Å²) < 4.78 is 12.0. The number of halogens is 1. The molecule has 0 bridgehead atoms. The Morgan fingerprint density at radius 2 is 1.80 bits per heavy atom. The van der Waals surface area contributed by atoms with E-state index in [2.05, 4.69) is 28.1 Å². The largest absolute Gasteiger partial charge is 0.382 e. The third-order valence-corrected chi connectivity index (χ3v) is 2.52. The molecular formula is C12H17BrO2. The zero-order valence-electron chi connectivity index (χ0n) is 9.37. The molecule has 3 heteroatoms. The molecular weight excluding hydrogens is 256 g/mol. The van der Waals surface area contributed by atoms with Crippen molar-refractivity contribution in [3.05, 3.63) is 34.3 Å². The van der Waals surface area contributed by atoms with Gasteiger partial charge in [-0.15, -0.1) is 0 Å². The number of hydrogen-bond acceptors (Lipinski definition) is 2. The lowest BCUT2D eigenvalue weighted by atomic mass is 10.1. The van der Waals surface area contributed by atoms with E-state index >= 15 is 0 Å². The van der Waals surface area contributed by atoms with Gasteiger partial charge >= 0.3 is 0 Å². The molecule has 84 valence electrons. The van der Waals surface area contributed by atoms with Crippen LogP contribution in [0.3, 0.4) is 0 Å². The van der Waals surface area contributed by atoms with Crippen molar-refractivity contribution >= 4 is 15.9 Å². The van der Waals surface area contributed by atoms with E-state index in [1.54, 1.807) is 7.11 Å². The summed E-state index contributed by atoms with van der Waals surface area (Å²) in [6.07, 6.45) is 0.219. The van der Waals surface area contributed by atoms with Crippen molar-refractivity contribution in [1.82, 2.24) is 0 Å². The lowest BCUT2D eigenvalue weighted by molar-refractivity contribution is -0.0356. The van der Waals surface area contributed by atoms with Gasteiger partial charge in [0.15, 0.2) is 0 Å². The summed E-state index contributed by atoms with van der Waals surface area (Å²) in [5.74, 6) is 0. The summed E-state index contributed by atoms with van der Waals surface area (Å²) in [4.78, 5) is 0. The standard InChI is InChI=1S/C12H17BrO2/c1-9(2)15-12(8-14-3)10-4-6-11(13)7-5-10/h4-7,9,12H,8H2,1-3H3/t12-/m1/s1. The van der Waals surface area contributed by atoms with Crippen molar-refractivity contribution in [3.63, 3.8) is 0 Å². The Morgan fingerprint density at radius 3 is 2.27 bits per heavy atom. The predicted octanol–water partition coefficient (Wildman–Crippen LogP) is 3.56. The summed E-state index contributed by atoms with van der Waals surface area (Å²) >= 11 is 3.41. The lowest BCUT2D eigenvalue weighted by Crippen LogP contribution is -2.15. The van der Waals surface area contributed by atoms with E-state index < -0.39 is 0 Å². The maximum Gasteiger partial charge on any atom is 0.106 e. The van der Waals surface area contributed by atoms with Gasteiger partial charge < -0.3 is 9.47 Å². The van der Waals surface area contributed by atoms with Crippen molar-refractivity contribution in [3.8, 4) is 0 Å². The summed E-state index contributed by atoms with van der Waals surface area (Å²) in [6, 6.07) is 8.13. The Bertz CT molecular complexity index is 282. The van der Waals surface area contributed by atoms with Gasteiger partial charge in [-0.25, -0.2) is 0 Å². The van der Waals surface area contributed by atoms with Gasteiger partial charge in [0.1, 0.15) is 6.10 Å². The van der Waals surface area contributed by atoms with Gasteiger partial charge in [-0.3, -0.25) is 0 Å². The first-order valence-corrected chi connectivity index (χ1v) is 5.82. The number of ether oxygens (including phenoxy) is 2. The average Bonchev–Trinajstić information content (AvgIpc) is 2.17. The molecule has 1 aromatic carbocycles. The fourth-order valence-corrected chi connectivity index (χ4v) is 1.64. The van der Waals surface area contributed by atoms with Crippen LogP contribution in [-0.2, 0) is 9.47 Å². The first-order chi connectivity index (χ1) is 7.13. The van der Waals surface area contributed by atoms with Crippen molar-refractivity contribution in [2.45, 2.75) is 26.1 Å². The van der Waals surface area contributed by atoms with E-state index in [9.17, 15) is 0 Å². The van der Waals surface area contributed by atoms with E-state index in [1.165, 1.54) is 0 Å². The highest BCUT2D eigenvalue weighted by atomic mass is 79.9. The van der Waals surface area contributed by atoms with Crippen LogP contribution in [0.4, 0.5) is 0 Å². The average molecular weight is 273 g/mol. The molecule has 0 saturated carbocycles. The van der Waals surface area contributed by atoms with E-state index in [0.29, 0.717) is 6.61 Å². The Balaban J connectivity index is 2.74. The van der Waals surface area contributed by atoms with Crippen molar-refractivity contribution < 1.29 is 9.47 Å². The Morgan fingerprint density at radius 1 is 1.20 bits per heavy atom. The van der Waals surface area contributed by atoms with Crippen LogP contribution in [0.2, 0.25) is 0 Å². The highest BCUT2D eigenvalue weighted by molar-refractivity contribution is 9.10. The molecule has 0 aliphatic heterocycles. The quantitative estimate of drug-likeness (QED) is 0.816. The summed E-state index contributed by atoms with van der Waals surface area (Å²) in [5.41, 5.74) is 1.15. The normalized spacial score (nSPS) is 13.1. The van der Waals surface area contributed by atoms with Crippen LogP contribution in [-0.4, -0.2) is 19.8 Å². The maximum atomic E-state index is 5.78. The smallest absolute Gasteiger partial charge is 0.106 e. The summed E-state index contributed by atoms with van der Waals surface area (Å²) in [6.45, 7) is 4.64. The van der Waals surface area contributed by atoms with Crippen LogP contribution in [0.15, 0.2) is 28.7 Å². The first-order valence-electron chi connectivity index (χ1n) is 5.03. The van der Waals surface area contributed by atoms with Gasteiger partial charge in [0.05, 0.1) is 12.7 Å². The molecule has 0 radical (unpaired) electrons. The van der Waals surface area contributed by atoms with Gasteiger partial charge in [0, 0.05) is 11.6 Å². The second-order valence-electron chi connectivity index (χ2n) is 3.68. The minimum atomic E-state index is 0.0168. The molecule has 0 amide bonds. The zero-order chi connectivity index (χ0) is 11.3. The van der Waals surface area contributed by atoms with E-state index in [0.717, 1.165) is 10.0 Å². The monoisotopic (exact) mass is 272 g/mol. The van der Waals surface area contributed by atoms with E-state index in [1.807, 2.05) is 26.0 Å². The van der Waals surface area contributed by atoms with Crippen molar-refractivity contribution in [1.29, 1.82) is 0 Å². The predicted molar refractivity (Wildman–Crippen MR) is 65.0 cm³/mol. The summed E-state index contributed by atoms with van der Waals surface area (Å²) in [5, 5.41) is 0. The third-order valence-electron chi connectivity index (χ3n) is 2.00. The van der Waals surface area contributed by atoms with Gasteiger partial charge in [-0.2, -0.15) is 0 Å². The molecule has 15 heavy (non-hydrogen) atoms. The van der Waals surface area contributed by atoms with Crippen molar-refractivity contribution in [2.24, 2.45) is 0 Å².